The number of rotatable bonds is 12. The first-order valence-electron chi connectivity index (χ1n) is 12.1. The molecule has 0 spiro atoms. The molecule has 7 heteroatoms. The molecule has 2 amide bonds. The van der Waals surface area contributed by atoms with Crippen LogP contribution in [0.25, 0.3) is 0 Å². The molecule has 0 fully saturated rings. The Morgan fingerprint density at radius 3 is 2.47 bits per heavy atom. The van der Waals surface area contributed by atoms with E-state index in [4.69, 9.17) is 27.9 Å². The highest BCUT2D eigenvalue weighted by molar-refractivity contribution is 6.35. The number of carbonyl (C=O) groups excluding carboxylic acids is 2. The molecule has 190 valence electrons. The summed E-state index contributed by atoms with van der Waals surface area (Å²) in [5, 5.41) is 3.94. The number of benzene rings is 3. The van der Waals surface area contributed by atoms with Crippen LogP contribution in [-0.4, -0.2) is 35.9 Å². The number of unbranched alkanes of at least 4 members (excludes halogenated alkanes) is 1. The molecular weight excluding hydrogens is 495 g/mol. The number of nitrogens with zero attached hydrogens (tertiary/aromatic N) is 1. The van der Waals surface area contributed by atoms with Crippen LogP contribution in [0.15, 0.2) is 72.8 Å². The van der Waals surface area contributed by atoms with E-state index in [1.165, 1.54) is 0 Å². The Morgan fingerprint density at radius 2 is 1.78 bits per heavy atom. The summed E-state index contributed by atoms with van der Waals surface area (Å²) >= 11 is 12.5. The fourth-order valence-electron chi connectivity index (χ4n) is 3.83. The number of ether oxygens (including phenoxy) is 1. The molecule has 3 aromatic rings. The van der Waals surface area contributed by atoms with Crippen LogP contribution in [0.2, 0.25) is 10.0 Å². The largest absolute Gasteiger partial charge is 0.484 e. The van der Waals surface area contributed by atoms with E-state index in [9.17, 15) is 9.59 Å². The van der Waals surface area contributed by atoms with Gasteiger partial charge in [0, 0.05) is 29.6 Å². The number of nitrogens with one attached hydrogen (secondary N) is 1. The number of amides is 2. The number of halogens is 2. The van der Waals surface area contributed by atoms with Crippen molar-refractivity contribution in [3.63, 3.8) is 0 Å². The second-order valence-electron chi connectivity index (χ2n) is 8.71. The molecule has 0 aromatic heterocycles. The van der Waals surface area contributed by atoms with Gasteiger partial charge in [0.1, 0.15) is 11.8 Å². The predicted octanol–water partition coefficient (Wildman–Crippen LogP) is 6.24. The van der Waals surface area contributed by atoms with E-state index < -0.39 is 6.04 Å². The first kappa shape index (κ1) is 27.6. The Kier molecular flexibility index (Phi) is 10.6. The molecular formula is C29H32Cl2N2O3. The average Bonchev–Trinajstić information content (AvgIpc) is 2.86. The minimum atomic E-state index is -0.746. The standard InChI is InChI=1S/C29H32Cl2N2O3/c1-3-4-15-32-29(35)27(17-22-10-6-5-7-11-22)33(19-23-13-14-24(30)18-26(23)31)28(34)20-36-25-12-8-9-21(2)16-25/h5-14,16,18,27H,3-4,15,17,19-20H2,1-2H3,(H,32,35)/t27-/m0/s1. The molecule has 3 aromatic carbocycles. The molecule has 36 heavy (non-hydrogen) atoms. The van der Waals surface area contributed by atoms with E-state index >= 15 is 0 Å². The van der Waals surface area contributed by atoms with E-state index in [1.807, 2.05) is 55.5 Å². The van der Waals surface area contributed by atoms with Gasteiger partial charge >= 0.3 is 0 Å². The molecule has 3 rings (SSSR count). The van der Waals surface area contributed by atoms with Crippen LogP contribution in [0, 0.1) is 6.92 Å². The zero-order chi connectivity index (χ0) is 25.9. The number of aryl methyl sites for hydroxylation is 1. The second kappa shape index (κ2) is 13.9. The zero-order valence-corrected chi connectivity index (χ0v) is 22.2. The highest BCUT2D eigenvalue weighted by atomic mass is 35.5. The summed E-state index contributed by atoms with van der Waals surface area (Å²) < 4.78 is 5.82. The molecule has 0 aliphatic rings. The quantitative estimate of drug-likeness (QED) is 0.284. The minimum Gasteiger partial charge on any atom is -0.484 e. The van der Waals surface area contributed by atoms with Gasteiger partial charge in [-0.05, 0) is 54.3 Å². The fourth-order valence-corrected chi connectivity index (χ4v) is 4.29. The average molecular weight is 527 g/mol. The van der Waals surface area contributed by atoms with Crippen molar-refractivity contribution in [2.75, 3.05) is 13.2 Å². The van der Waals surface area contributed by atoms with E-state index in [1.54, 1.807) is 29.2 Å². The van der Waals surface area contributed by atoms with Crippen LogP contribution in [0.1, 0.15) is 36.5 Å². The van der Waals surface area contributed by atoms with Gasteiger partial charge in [-0.3, -0.25) is 9.59 Å². The van der Waals surface area contributed by atoms with E-state index in [0.29, 0.717) is 34.3 Å². The predicted molar refractivity (Wildman–Crippen MR) is 146 cm³/mol. The highest BCUT2D eigenvalue weighted by Gasteiger charge is 2.31. The summed E-state index contributed by atoms with van der Waals surface area (Å²) in [6.45, 7) is 4.51. The normalized spacial score (nSPS) is 11.6. The third-order valence-electron chi connectivity index (χ3n) is 5.81. The first-order valence-corrected chi connectivity index (χ1v) is 12.9. The molecule has 1 atom stereocenters. The Bertz CT molecular complexity index is 1150. The molecule has 0 saturated carbocycles. The summed E-state index contributed by atoms with van der Waals surface area (Å²) in [5.74, 6) is 0.0789. The number of hydrogen-bond donors (Lipinski definition) is 1. The van der Waals surface area contributed by atoms with Gasteiger partial charge in [0.05, 0.1) is 0 Å². The van der Waals surface area contributed by atoms with E-state index in [0.717, 1.165) is 24.0 Å². The van der Waals surface area contributed by atoms with Gasteiger partial charge in [-0.15, -0.1) is 0 Å². The molecule has 0 aliphatic carbocycles. The Hall–Kier alpha value is -3.02. The monoisotopic (exact) mass is 526 g/mol. The van der Waals surface area contributed by atoms with Crippen molar-refractivity contribution < 1.29 is 14.3 Å². The second-order valence-corrected chi connectivity index (χ2v) is 9.56. The van der Waals surface area contributed by atoms with Gasteiger partial charge < -0.3 is 15.0 Å². The Balaban J connectivity index is 1.91. The lowest BCUT2D eigenvalue weighted by Crippen LogP contribution is -2.51. The summed E-state index contributed by atoms with van der Waals surface area (Å²) in [6.07, 6.45) is 2.18. The number of hydrogen-bond acceptors (Lipinski definition) is 3. The molecule has 0 bridgehead atoms. The zero-order valence-electron chi connectivity index (χ0n) is 20.7. The summed E-state index contributed by atoms with van der Waals surface area (Å²) in [7, 11) is 0. The third kappa shape index (κ3) is 8.28. The topological polar surface area (TPSA) is 58.6 Å². The van der Waals surface area contributed by atoms with Crippen molar-refractivity contribution >= 4 is 35.0 Å². The SMILES string of the molecule is CCCCNC(=O)[C@H](Cc1ccccc1)N(Cc1ccc(Cl)cc1Cl)C(=O)COc1cccc(C)c1. The lowest BCUT2D eigenvalue weighted by atomic mass is 10.0. The van der Waals surface area contributed by atoms with Gasteiger partial charge in [0.25, 0.3) is 5.91 Å². The van der Waals surface area contributed by atoms with Crippen molar-refractivity contribution in [2.45, 2.75) is 45.7 Å². The van der Waals surface area contributed by atoms with Crippen LogP contribution < -0.4 is 10.1 Å². The van der Waals surface area contributed by atoms with Gasteiger partial charge in [-0.25, -0.2) is 0 Å². The van der Waals surface area contributed by atoms with Crippen molar-refractivity contribution in [3.05, 3.63) is 99.5 Å². The van der Waals surface area contributed by atoms with Crippen LogP contribution in [0.4, 0.5) is 0 Å². The van der Waals surface area contributed by atoms with Crippen molar-refractivity contribution in [3.8, 4) is 5.75 Å². The van der Waals surface area contributed by atoms with Crippen molar-refractivity contribution in [1.82, 2.24) is 10.2 Å². The highest BCUT2D eigenvalue weighted by Crippen LogP contribution is 2.24. The van der Waals surface area contributed by atoms with Crippen LogP contribution in [0.3, 0.4) is 0 Å². The minimum absolute atomic E-state index is 0.144. The van der Waals surface area contributed by atoms with Gasteiger partial charge in [-0.1, -0.05) is 85.1 Å². The summed E-state index contributed by atoms with van der Waals surface area (Å²) in [6, 6.07) is 21.6. The van der Waals surface area contributed by atoms with Crippen molar-refractivity contribution in [1.29, 1.82) is 0 Å². The maximum atomic E-state index is 13.6. The number of carbonyl (C=O) groups is 2. The lowest BCUT2D eigenvalue weighted by Gasteiger charge is -2.31. The molecule has 0 saturated heterocycles. The van der Waals surface area contributed by atoms with Crippen molar-refractivity contribution in [2.24, 2.45) is 0 Å². The van der Waals surface area contributed by atoms with Gasteiger partial charge in [0.15, 0.2) is 6.61 Å². The maximum absolute atomic E-state index is 13.6. The van der Waals surface area contributed by atoms with Crippen LogP contribution in [-0.2, 0) is 22.6 Å². The Labute approximate surface area is 223 Å². The molecule has 1 N–H and O–H groups in total. The first-order chi connectivity index (χ1) is 17.4. The van der Waals surface area contributed by atoms with Gasteiger partial charge in [0.2, 0.25) is 5.91 Å². The fraction of sp³-hybridized carbons (Fsp3) is 0.310. The smallest absolute Gasteiger partial charge is 0.261 e. The van der Waals surface area contributed by atoms with E-state index in [-0.39, 0.29) is 25.0 Å². The Morgan fingerprint density at radius 1 is 1.00 bits per heavy atom. The van der Waals surface area contributed by atoms with Crippen LogP contribution in [0.5, 0.6) is 5.75 Å². The maximum Gasteiger partial charge on any atom is 0.261 e. The molecule has 0 radical (unpaired) electrons. The van der Waals surface area contributed by atoms with Gasteiger partial charge in [-0.2, -0.15) is 0 Å². The molecule has 0 aliphatic heterocycles. The molecule has 0 heterocycles. The lowest BCUT2D eigenvalue weighted by molar-refractivity contribution is -0.142. The third-order valence-corrected chi connectivity index (χ3v) is 6.40. The summed E-state index contributed by atoms with van der Waals surface area (Å²) in [5.41, 5.74) is 2.68. The molecule has 0 unspecified atom stereocenters. The molecule has 5 nitrogen and oxygen atoms in total. The van der Waals surface area contributed by atoms with E-state index in [2.05, 4.69) is 12.2 Å². The summed E-state index contributed by atoms with van der Waals surface area (Å²) in [4.78, 5) is 28.6. The van der Waals surface area contributed by atoms with Crippen LogP contribution >= 0.6 is 23.2 Å².